The van der Waals surface area contributed by atoms with Gasteiger partial charge in [-0.25, -0.2) is 9.18 Å². The van der Waals surface area contributed by atoms with E-state index in [1.54, 1.807) is 7.05 Å². The lowest BCUT2D eigenvalue weighted by Gasteiger charge is -2.17. The molecule has 1 aromatic carbocycles. The number of hydrogen-bond donors (Lipinski definition) is 1. The molecule has 1 unspecified atom stereocenters. The largest absolute Gasteiger partial charge is 0.442 e. The second-order valence-corrected chi connectivity index (χ2v) is 6.31. The molecule has 3 heterocycles. The van der Waals surface area contributed by atoms with Crippen LogP contribution in [0.3, 0.4) is 0 Å². The second-order valence-electron chi connectivity index (χ2n) is 6.31. The summed E-state index contributed by atoms with van der Waals surface area (Å²) < 4.78 is 19.8. The van der Waals surface area contributed by atoms with Gasteiger partial charge < -0.3 is 15.0 Å². The van der Waals surface area contributed by atoms with Crippen molar-refractivity contribution in [3.05, 3.63) is 23.0 Å². The molecular weight excluding hydrogens is 317 g/mol. The van der Waals surface area contributed by atoms with Crippen molar-refractivity contribution in [2.75, 3.05) is 23.4 Å². The maximum absolute atomic E-state index is 14.5. The van der Waals surface area contributed by atoms with Crippen LogP contribution in [0, 0.1) is 5.82 Å². The molecule has 3 aliphatic heterocycles. The van der Waals surface area contributed by atoms with Crippen molar-refractivity contribution in [1.29, 1.82) is 0 Å². The Hall–Kier alpha value is -2.64. The number of cyclic esters (lactones) is 1. The van der Waals surface area contributed by atoms with Gasteiger partial charge in [-0.1, -0.05) is 0 Å². The minimum atomic E-state index is -0.550. The number of carbonyl (C=O) groups excluding carboxylic acids is 3. The van der Waals surface area contributed by atoms with Gasteiger partial charge in [0.15, 0.2) is 0 Å². The van der Waals surface area contributed by atoms with Crippen LogP contribution in [0.25, 0.3) is 0 Å². The Morgan fingerprint density at radius 3 is 2.88 bits per heavy atom. The molecule has 126 valence electrons. The zero-order valence-electron chi connectivity index (χ0n) is 13.3. The number of carbonyl (C=O) groups is 3. The molecule has 0 spiro atoms. The Bertz CT molecular complexity index is 794. The lowest BCUT2D eigenvalue weighted by atomic mass is 9.98. The normalized spacial score (nSPS) is 24.0. The number of ether oxygens (including phenoxy) is 1. The highest BCUT2D eigenvalue weighted by molar-refractivity contribution is 6.04. The third-order valence-corrected chi connectivity index (χ3v) is 4.92. The Kier molecular flexibility index (Phi) is 3.06. The summed E-state index contributed by atoms with van der Waals surface area (Å²) in [6.45, 7) is 1.60. The minimum Gasteiger partial charge on any atom is -0.442 e. The number of amides is 3. The molecular formula is C16H16FN3O4. The average molecular weight is 333 g/mol. The molecule has 0 saturated carbocycles. The van der Waals surface area contributed by atoms with Gasteiger partial charge >= 0.3 is 6.09 Å². The van der Waals surface area contributed by atoms with Gasteiger partial charge in [-0.15, -0.1) is 0 Å². The summed E-state index contributed by atoms with van der Waals surface area (Å²) in [6, 6.07) is 0.997. The number of anilines is 2. The SMILES string of the molecule is CC(=O)NCC1OC(=O)N2c3cc(F)c4c(c3C[C@@H]12)CC(=O)N4C. The Balaban J connectivity index is 1.73. The summed E-state index contributed by atoms with van der Waals surface area (Å²) in [5.41, 5.74) is 2.23. The molecule has 4 rings (SSSR count). The van der Waals surface area contributed by atoms with E-state index in [0.29, 0.717) is 23.4 Å². The number of hydrogen-bond acceptors (Lipinski definition) is 4. The van der Waals surface area contributed by atoms with E-state index in [9.17, 15) is 18.8 Å². The van der Waals surface area contributed by atoms with Crippen LogP contribution in [0.15, 0.2) is 6.07 Å². The van der Waals surface area contributed by atoms with Crippen molar-refractivity contribution in [3.63, 3.8) is 0 Å². The fraction of sp³-hybridized carbons (Fsp3) is 0.438. The van der Waals surface area contributed by atoms with E-state index in [4.69, 9.17) is 4.74 Å². The van der Waals surface area contributed by atoms with Gasteiger partial charge in [0.1, 0.15) is 11.9 Å². The number of nitrogens with zero attached hydrogens (tertiary/aromatic N) is 2. The van der Waals surface area contributed by atoms with Gasteiger partial charge in [0.2, 0.25) is 11.8 Å². The standard InChI is InChI=1S/C16H16FN3O4/c1-7(21)18-6-13-12-3-8-9-4-14(22)19(2)15(9)10(17)5-11(8)20(12)16(23)24-13/h5,12-13H,3-4,6H2,1-2H3,(H,18,21)/t12-,13?/m0/s1. The van der Waals surface area contributed by atoms with Gasteiger partial charge in [0, 0.05) is 20.0 Å². The van der Waals surface area contributed by atoms with Gasteiger partial charge in [0.25, 0.3) is 0 Å². The van der Waals surface area contributed by atoms with Crippen LogP contribution in [0.2, 0.25) is 0 Å². The van der Waals surface area contributed by atoms with Crippen LogP contribution in [-0.2, 0) is 27.2 Å². The molecule has 0 radical (unpaired) electrons. The maximum atomic E-state index is 14.5. The highest BCUT2D eigenvalue weighted by Crippen LogP contribution is 2.46. The number of nitrogens with one attached hydrogen (secondary N) is 1. The molecule has 1 N–H and O–H groups in total. The quantitative estimate of drug-likeness (QED) is 0.865. The van der Waals surface area contributed by atoms with Crippen LogP contribution >= 0.6 is 0 Å². The first kappa shape index (κ1) is 14.9. The summed E-state index contributed by atoms with van der Waals surface area (Å²) in [5.74, 6) is -0.892. The number of fused-ring (bicyclic) bond motifs is 5. The van der Waals surface area contributed by atoms with Gasteiger partial charge in [-0.2, -0.15) is 0 Å². The first-order valence-corrected chi connectivity index (χ1v) is 7.73. The van der Waals surface area contributed by atoms with Gasteiger partial charge in [-0.3, -0.25) is 14.5 Å². The molecule has 3 aliphatic rings. The van der Waals surface area contributed by atoms with Gasteiger partial charge in [0.05, 0.1) is 30.4 Å². The van der Waals surface area contributed by atoms with E-state index >= 15 is 0 Å². The molecule has 1 saturated heterocycles. The zero-order chi connectivity index (χ0) is 17.2. The van der Waals surface area contributed by atoms with E-state index in [1.165, 1.54) is 22.8 Å². The topological polar surface area (TPSA) is 79.0 Å². The van der Waals surface area contributed by atoms with Crippen LogP contribution in [0.5, 0.6) is 0 Å². The van der Waals surface area contributed by atoms with Crippen molar-refractivity contribution in [2.24, 2.45) is 0 Å². The highest BCUT2D eigenvalue weighted by atomic mass is 19.1. The molecule has 1 aromatic rings. The fourth-order valence-electron chi connectivity index (χ4n) is 3.80. The number of halogens is 1. The molecule has 0 aromatic heterocycles. The average Bonchev–Trinajstić information content (AvgIpc) is 3.12. The first-order valence-electron chi connectivity index (χ1n) is 7.73. The number of rotatable bonds is 2. The monoisotopic (exact) mass is 333 g/mol. The Morgan fingerprint density at radius 1 is 1.42 bits per heavy atom. The van der Waals surface area contributed by atoms with Crippen molar-refractivity contribution < 1.29 is 23.5 Å². The molecule has 0 aliphatic carbocycles. The smallest absolute Gasteiger partial charge is 0.415 e. The fourth-order valence-corrected chi connectivity index (χ4v) is 3.80. The predicted octanol–water partition coefficient (Wildman–Crippen LogP) is 0.731. The number of benzene rings is 1. The molecule has 2 atom stereocenters. The van der Waals surface area contributed by atoms with E-state index in [0.717, 1.165) is 5.56 Å². The first-order chi connectivity index (χ1) is 11.4. The maximum Gasteiger partial charge on any atom is 0.415 e. The lowest BCUT2D eigenvalue weighted by Crippen LogP contribution is -2.40. The molecule has 7 nitrogen and oxygen atoms in total. The Morgan fingerprint density at radius 2 is 2.17 bits per heavy atom. The molecule has 24 heavy (non-hydrogen) atoms. The van der Waals surface area contributed by atoms with Crippen LogP contribution in [0.4, 0.5) is 20.6 Å². The van der Waals surface area contributed by atoms with E-state index < -0.39 is 18.0 Å². The van der Waals surface area contributed by atoms with Crippen molar-refractivity contribution >= 4 is 29.3 Å². The van der Waals surface area contributed by atoms with Crippen molar-refractivity contribution in [3.8, 4) is 0 Å². The van der Waals surface area contributed by atoms with Crippen LogP contribution in [0.1, 0.15) is 18.1 Å². The number of likely N-dealkylation sites (N-methyl/N-ethyl adjacent to an activating group) is 1. The van der Waals surface area contributed by atoms with Gasteiger partial charge in [-0.05, 0) is 17.5 Å². The Labute approximate surface area is 137 Å². The molecule has 8 heteroatoms. The van der Waals surface area contributed by atoms with Crippen LogP contribution in [-0.4, -0.2) is 43.6 Å². The third-order valence-electron chi connectivity index (χ3n) is 4.92. The van der Waals surface area contributed by atoms with E-state index in [1.807, 2.05) is 0 Å². The molecule has 3 amide bonds. The van der Waals surface area contributed by atoms with Crippen molar-refractivity contribution in [1.82, 2.24) is 5.32 Å². The summed E-state index contributed by atoms with van der Waals surface area (Å²) in [6.07, 6.45) is -0.430. The van der Waals surface area contributed by atoms with E-state index in [-0.39, 0.29) is 30.8 Å². The summed E-state index contributed by atoms with van der Waals surface area (Å²) >= 11 is 0. The molecule has 0 bridgehead atoms. The zero-order valence-corrected chi connectivity index (χ0v) is 13.3. The third kappa shape index (κ3) is 1.92. The second kappa shape index (κ2) is 4.93. The summed E-state index contributed by atoms with van der Waals surface area (Å²) in [7, 11) is 1.55. The summed E-state index contributed by atoms with van der Waals surface area (Å²) in [4.78, 5) is 38.0. The van der Waals surface area contributed by atoms with E-state index in [2.05, 4.69) is 5.32 Å². The predicted molar refractivity (Wildman–Crippen MR) is 82.4 cm³/mol. The lowest BCUT2D eigenvalue weighted by molar-refractivity contribution is -0.119. The van der Waals surface area contributed by atoms with Crippen LogP contribution < -0.4 is 15.1 Å². The van der Waals surface area contributed by atoms with Crippen molar-refractivity contribution in [2.45, 2.75) is 31.9 Å². The molecule has 1 fully saturated rings. The minimum absolute atomic E-state index is 0.137. The highest BCUT2D eigenvalue weighted by Gasteiger charge is 2.49. The summed E-state index contributed by atoms with van der Waals surface area (Å²) in [5, 5.41) is 2.65.